The number of carbonyl (C=O) groups excluding carboxylic acids is 1. The molecule has 0 spiro atoms. The molecule has 84 valence electrons. The van der Waals surface area contributed by atoms with Crippen molar-refractivity contribution in [2.24, 2.45) is 5.73 Å². The van der Waals surface area contributed by atoms with E-state index in [9.17, 15) is 4.79 Å². The number of nitrogens with zero attached hydrogens (tertiary/aromatic N) is 1. The molecule has 14 heavy (non-hydrogen) atoms. The third kappa shape index (κ3) is 3.20. The van der Waals surface area contributed by atoms with Gasteiger partial charge < -0.3 is 10.6 Å². The number of carbonyl (C=O) groups is 1. The lowest BCUT2D eigenvalue weighted by molar-refractivity contribution is 0.141. The first-order valence-electron chi connectivity index (χ1n) is 5.69. The Morgan fingerprint density at radius 1 is 1.00 bits per heavy atom. The van der Waals surface area contributed by atoms with Gasteiger partial charge in [0.1, 0.15) is 0 Å². The zero-order chi connectivity index (χ0) is 11.1. The van der Waals surface area contributed by atoms with E-state index < -0.39 is 0 Å². The molecule has 0 bridgehead atoms. The van der Waals surface area contributed by atoms with E-state index in [0.717, 1.165) is 25.7 Å². The summed E-state index contributed by atoms with van der Waals surface area (Å²) < 4.78 is 0. The molecule has 0 heterocycles. The standard InChI is InChI=1S/C11H24N2O/c1-5-9(6-2)13(11(12)14)10(7-3)8-4/h9-10H,5-8H2,1-4H3,(H2,12,14). The Hall–Kier alpha value is -0.730. The van der Waals surface area contributed by atoms with Crippen LogP contribution in [0.5, 0.6) is 0 Å². The summed E-state index contributed by atoms with van der Waals surface area (Å²) in [6.07, 6.45) is 3.93. The molecular weight excluding hydrogens is 176 g/mol. The van der Waals surface area contributed by atoms with Gasteiger partial charge in [-0.3, -0.25) is 0 Å². The van der Waals surface area contributed by atoms with Gasteiger partial charge in [-0.1, -0.05) is 27.7 Å². The minimum Gasteiger partial charge on any atom is -0.351 e. The topological polar surface area (TPSA) is 46.3 Å². The van der Waals surface area contributed by atoms with E-state index in [0.29, 0.717) is 12.1 Å². The highest BCUT2D eigenvalue weighted by Crippen LogP contribution is 2.16. The van der Waals surface area contributed by atoms with Crippen LogP contribution in [0.3, 0.4) is 0 Å². The second-order valence-electron chi connectivity index (χ2n) is 3.69. The molecular formula is C11H24N2O. The van der Waals surface area contributed by atoms with Gasteiger partial charge in [-0.15, -0.1) is 0 Å². The Morgan fingerprint density at radius 2 is 1.29 bits per heavy atom. The highest BCUT2D eigenvalue weighted by Gasteiger charge is 2.24. The van der Waals surface area contributed by atoms with Crippen molar-refractivity contribution in [1.82, 2.24) is 4.90 Å². The van der Waals surface area contributed by atoms with E-state index in [-0.39, 0.29) is 6.03 Å². The molecule has 0 aliphatic heterocycles. The molecule has 3 heteroatoms. The summed E-state index contributed by atoms with van der Waals surface area (Å²) in [4.78, 5) is 13.2. The molecule has 2 N–H and O–H groups in total. The maximum atomic E-state index is 11.4. The lowest BCUT2D eigenvalue weighted by Gasteiger charge is -2.35. The van der Waals surface area contributed by atoms with Crippen LogP contribution in [-0.2, 0) is 0 Å². The van der Waals surface area contributed by atoms with Crippen molar-refractivity contribution in [2.75, 3.05) is 0 Å². The summed E-state index contributed by atoms with van der Waals surface area (Å²) in [5, 5.41) is 0. The molecule has 0 saturated carbocycles. The zero-order valence-corrected chi connectivity index (χ0v) is 9.92. The van der Waals surface area contributed by atoms with Gasteiger partial charge in [0.2, 0.25) is 0 Å². The van der Waals surface area contributed by atoms with Crippen LogP contribution < -0.4 is 5.73 Å². The first-order valence-corrected chi connectivity index (χ1v) is 5.69. The molecule has 0 aromatic rings. The summed E-state index contributed by atoms with van der Waals surface area (Å²) in [6, 6.07) is 0.335. The van der Waals surface area contributed by atoms with Crippen LogP contribution in [0.2, 0.25) is 0 Å². The highest BCUT2D eigenvalue weighted by molar-refractivity contribution is 5.72. The van der Waals surface area contributed by atoms with E-state index in [2.05, 4.69) is 27.7 Å². The van der Waals surface area contributed by atoms with Crippen molar-refractivity contribution in [3.63, 3.8) is 0 Å². The van der Waals surface area contributed by atoms with Crippen molar-refractivity contribution in [3.8, 4) is 0 Å². The third-order valence-corrected chi connectivity index (χ3v) is 2.93. The maximum Gasteiger partial charge on any atom is 0.315 e. The number of hydrogen-bond donors (Lipinski definition) is 1. The van der Waals surface area contributed by atoms with Crippen LogP contribution in [0.1, 0.15) is 53.4 Å². The zero-order valence-electron chi connectivity index (χ0n) is 9.92. The van der Waals surface area contributed by atoms with Crippen LogP contribution in [0, 0.1) is 0 Å². The fourth-order valence-electron chi connectivity index (χ4n) is 2.02. The molecule has 0 aromatic carbocycles. The number of rotatable bonds is 6. The molecule has 3 nitrogen and oxygen atoms in total. The Morgan fingerprint density at radius 3 is 1.43 bits per heavy atom. The van der Waals surface area contributed by atoms with Gasteiger partial charge in [0, 0.05) is 12.1 Å². The summed E-state index contributed by atoms with van der Waals surface area (Å²) in [6.45, 7) is 8.41. The number of amides is 2. The monoisotopic (exact) mass is 200 g/mol. The Labute approximate surface area is 87.6 Å². The molecule has 0 fully saturated rings. The number of nitrogens with two attached hydrogens (primary N) is 1. The predicted octanol–water partition coefficient (Wildman–Crippen LogP) is 2.74. The largest absolute Gasteiger partial charge is 0.351 e. The van der Waals surface area contributed by atoms with Crippen LogP contribution in [0.25, 0.3) is 0 Å². The normalized spacial score (nSPS) is 11.0. The summed E-state index contributed by atoms with van der Waals surface area (Å²) in [5.41, 5.74) is 5.43. The smallest absolute Gasteiger partial charge is 0.315 e. The Kier molecular flexibility index (Phi) is 6.34. The van der Waals surface area contributed by atoms with Gasteiger partial charge >= 0.3 is 6.03 Å². The van der Waals surface area contributed by atoms with Crippen LogP contribution in [0.4, 0.5) is 4.79 Å². The van der Waals surface area contributed by atoms with Gasteiger partial charge in [0.25, 0.3) is 0 Å². The molecule has 0 aromatic heterocycles. The minimum atomic E-state index is -0.271. The molecule has 0 aliphatic carbocycles. The summed E-state index contributed by atoms with van der Waals surface area (Å²) in [5.74, 6) is 0. The van der Waals surface area contributed by atoms with Crippen LogP contribution >= 0.6 is 0 Å². The van der Waals surface area contributed by atoms with Crippen molar-refractivity contribution >= 4 is 6.03 Å². The average Bonchev–Trinajstić information content (AvgIpc) is 2.18. The van der Waals surface area contributed by atoms with E-state index >= 15 is 0 Å². The molecule has 0 rings (SSSR count). The quantitative estimate of drug-likeness (QED) is 0.704. The molecule has 2 amide bonds. The first kappa shape index (κ1) is 13.3. The van der Waals surface area contributed by atoms with E-state index in [1.165, 1.54) is 0 Å². The lowest BCUT2D eigenvalue weighted by atomic mass is 10.0. The second-order valence-corrected chi connectivity index (χ2v) is 3.69. The number of hydrogen-bond acceptors (Lipinski definition) is 1. The van der Waals surface area contributed by atoms with Crippen molar-refractivity contribution in [2.45, 2.75) is 65.5 Å². The van der Waals surface area contributed by atoms with E-state index in [1.54, 1.807) is 0 Å². The predicted molar refractivity (Wildman–Crippen MR) is 60.2 cm³/mol. The Balaban J connectivity index is 4.62. The number of primary amides is 1. The maximum absolute atomic E-state index is 11.4. The van der Waals surface area contributed by atoms with Crippen molar-refractivity contribution < 1.29 is 4.79 Å². The molecule has 0 radical (unpaired) electrons. The van der Waals surface area contributed by atoms with Gasteiger partial charge in [-0.25, -0.2) is 4.79 Å². The van der Waals surface area contributed by atoms with Crippen molar-refractivity contribution in [3.05, 3.63) is 0 Å². The van der Waals surface area contributed by atoms with Crippen LogP contribution in [0.15, 0.2) is 0 Å². The lowest BCUT2D eigenvalue weighted by Crippen LogP contribution is -2.49. The SMILES string of the molecule is CCC(CC)N(C(N)=O)C(CC)CC. The van der Waals surface area contributed by atoms with E-state index in [1.807, 2.05) is 4.90 Å². The molecule has 0 atom stereocenters. The van der Waals surface area contributed by atoms with Crippen molar-refractivity contribution in [1.29, 1.82) is 0 Å². The minimum absolute atomic E-state index is 0.271. The Bertz CT molecular complexity index is 151. The average molecular weight is 200 g/mol. The van der Waals surface area contributed by atoms with E-state index in [4.69, 9.17) is 5.73 Å². The summed E-state index contributed by atoms with van der Waals surface area (Å²) in [7, 11) is 0. The van der Waals surface area contributed by atoms with Gasteiger partial charge in [0.15, 0.2) is 0 Å². The van der Waals surface area contributed by atoms with Gasteiger partial charge in [-0.05, 0) is 25.7 Å². The fraction of sp³-hybridized carbons (Fsp3) is 0.909. The molecule has 0 unspecified atom stereocenters. The second kappa shape index (κ2) is 6.68. The van der Waals surface area contributed by atoms with Crippen LogP contribution in [-0.4, -0.2) is 23.0 Å². The fourth-order valence-corrected chi connectivity index (χ4v) is 2.02. The molecule has 0 aliphatic rings. The summed E-state index contributed by atoms with van der Waals surface area (Å²) >= 11 is 0. The molecule has 0 saturated heterocycles. The third-order valence-electron chi connectivity index (χ3n) is 2.93. The highest BCUT2D eigenvalue weighted by atomic mass is 16.2. The first-order chi connectivity index (χ1) is 6.62. The number of urea groups is 1. The van der Waals surface area contributed by atoms with Gasteiger partial charge in [-0.2, -0.15) is 0 Å². The van der Waals surface area contributed by atoms with Gasteiger partial charge in [0.05, 0.1) is 0 Å².